The molecule has 4 aromatic rings. The molecule has 0 aliphatic carbocycles. The number of carbonyl (C=O) groups is 2. The highest BCUT2D eigenvalue weighted by molar-refractivity contribution is 8.00. The van der Waals surface area contributed by atoms with Crippen LogP contribution in [0, 0.1) is 10.1 Å². The third-order valence-electron chi connectivity index (χ3n) is 6.97. The SMILES string of the molecule is O=C(CN(CCSC(c1ccccc1)(c1ccccc1)c1ccccc1)CC(=O)OCc1ccc([N+](=O)[O-])cc1)NCCS. The fourth-order valence-electron chi connectivity index (χ4n) is 4.87. The third-order valence-corrected chi connectivity index (χ3v) is 8.72. The number of thioether (sulfide) groups is 1. The molecule has 0 saturated carbocycles. The Labute approximate surface area is 267 Å². The van der Waals surface area contributed by atoms with E-state index in [-0.39, 0.29) is 31.3 Å². The highest BCUT2D eigenvalue weighted by Crippen LogP contribution is 2.48. The maximum atomic E-state index is 12.9. The van der Waals surface area contributed by atoms with Gasteiger partial charge in [0.1, 0.15) is 6.61 Å². The van der Waals surface area contributed by atoms with E-state index in [9.17, 15) is 19.7 Å². The maximum Gasteiger partial charge on any atom is 0.320 e. The van der Waals surface area contributed by atoms with Crippen molar-refractivity contribution in [2.45, 2.75) is 11.4 Å². The molecule has 0 radical (unpaired) electrons. The number of hydrogen-bond acceptors (Lipinski definition) is 8. The number of hydrogen-bond donors (Lipinski definition) is 2. The van der Waals surface area contributed by atoms with Gasteiger partial charge in [-0.15, -0.1) is 11.8 Å². The van der Waals surface area contributed by atoms with Crippen molar-refractivity contribution >= 4 is 42.0 Å². The van der Waals surface area contributed by atoms with Crippen molar-refractivity contribution in [3.05, 3.63) is 148 Å². The van der Waals surface area contributed by atoms with E-state index in [2.05, 4.69) is 54.3 Å². The Kier molecular flexibility index (Phi) is 12.4. The first-order valence-corrected chi connectivity index (χ1v) is 15.8. The molecule has 0 aromatic heterocycles. The summed E-state index contributed by atoms with van der Waals surface area (Å²) in [6.45, 7) is 0.783. The fourth-order valence-corrected chi connectivity index (χ4v) is 6.55. The molecule has 0 unspecified atom stereocenters. The Bertz CT molecular complexity index is 1390. The molecule has 4 rings (SSSR count). The summed E-state index contributed by atoms with van der Waals surface area (Å²) in [5.74, 6) is 0.421. The molecule has 0 heterocycles. The molecule has 0 spiro atoms. The normalized spacial score (nSPS) is 11.2. The molecule has 0 aliphatic heterocycles. The monoisotopic (exact) mass is 629 g/mol. The standard InChI is InChI=1S/C34H35N3O5S2/c38-32(35-20-22-43)24-36(25-33(39)42-26-27-16-18-31(19-17-27)37(40)41)21-23-44-34(28-10-4-1-5-11-28,29-12-6-2-7-13-29)30-14-8-3-9-15-30/h1-19,43H,20-26H2,(H,35,38). The molecular weight excluding hydrogens is 595 g/mol. The van der Waals surface area contributed by atoms with Crippen molar-refractivity contribution in [3.63, 3.8) is 0 Å². The van der Waals surface area contributed by atoms with E-state index < -0.39 is 15.6 Å². The molecule has 0 atom stereocenters. The van der Waals surface area contributed by atoms with Gasteiger partial charge < -0.3 is 10.1 Å². The minimum atomic E-state index is -0.528. The maximum absolute atomic E-state index is 12.9. The number of esters is 1. The van der Waals surface area contributed by atoms with Gasteiger partial charge in [0.05, 0.1) is 22.8 Å². The van der Waals surface area contributed by atoms with Crippen LogP contribution >= 0.6 is 24.4 Å². The average Bonchev–Trinajstić information content (AvgIpc) is 3.06. The quantitative estimate of drug-likeness (QED) is 0.0538. The van der Waals surface area contributed by atoms with Crippen LogP contribution in [0.2, 0.25) is 0 Å². The lowest BCUT2D eigenvalue weighted by Gasteiger charge is -2.36. The van der Waals surface area contributed by atoms with E-state index >= 15 is 0 Å². The van der Waals surface area contributed by atoms with Crippen molar-refractivity contribution in [3.8, 4) is 0 Å². The zero-order valence-electron chi connectivity index (χ0n) is 24.2. The van der Waals surface area contributed by atoms with Gasteiger partial charge in [0.25, 0.3) is 5.69 Å². The van der Waals surface area contributed by atoms with Crippen LogP contribution in [0.1, 0.15) is 22.3 Å². The summed E-state index contributed by atoms with van der Waals surface area (Å²) in [4.78, 5) is 37.8. The molecule has 8 nitrogen and oxygen atoms in total. The highest BCUT2D eigenvalue weighted by atomic mass is 32.2. The Hall–Kier alpha value is -4.12. The molecule has 228 valence electrons. The number of nitrogens with zero attached hydrogens (tertiary/aromatic N) is 2. The third kappa shape index (κ3) is 8.95. The molecule has 4 aromatic carbocycles. The van der Waals surface area contributed by atoms with Gasteiger partial charge in [-0.25, -0.2) is 0 Å². The van der Waals surface area contributed by atoms with E-state index in [1.54, 1.807) is 28.8 Å². The Morgan fingerprint density at radius 3 is 1.82 bits per heavy atom. The largest absolute Gasteiger partial charge is 0.460 e. The number of ether oxygens (including phenoxy) is 1. The molecular formula is C34H35N3O5S2. The lowest BCUT2D eigenvalue weighted by molar-refractivity contribution is -0.384. The van der Waals surface area contributed by atoms with E-state index in [0.29, 0.717) is 30.2 Å². The smallest absolute Gasteiger partial charge is 0.320 e. The van der Waals surface area contributed by atoms with Crippen LogP contribution in [0.5, 0.6) is 0 Å². The predicted molar refractivity (Wildman–Crippen MR) is 178 cm³/mol. The van der Waals surface area contributed by atoms with Gasteiger partial charge in [0.2, 0.25) is 5.91 Å². The molecule has 0 aliphatic rings. The van der Waals surface area contributed by atoms with Crippen LogP contribution in [0.25, 0.3) is 0 Å². The van der Waals surface area contributed by atoms with Gasteiger partial charge in [-0.3, -0.25) is 24.6 Å². The molecule has 0 fully saturated rings. The van der Waals surface area contributed by atoms with Crippen molar-refractivity contribution in [2.75, 3.05) is 37.7 Å². The molecule has 1 amide bonds. The van der Waals surface area contributed by atoms with Crippen molar-refractivity contribution in [1.29, 1.82) is 0 Å². The van der Waals surface area contributed by atoms with Crippen LogP contribution in [0.3, 0.4) is 0 Å². The first-order chi connectivity index (χ1) is 21.4. The zero-order valence-corrected chi connectivity index (χ0v) is 25.9. The van der Waals surface area contributed by atoms with E-state index in [4.69, 9.17) is 4.74 Å². The van der Waals surface area contributed by atoms with Crippen LogP contribution in [-0.4, -0.2) is 59.4 Å². The summed E-state index contributed by atoms with van der Waals surface area (Å²) >= 11 is 5.92. The number of benzene rings is 4. The molecule has 0 bridgehead atoms. The summed E-state index contributed by atoms with van der Waals surface area (Å²) in [5, 5.41) is 13.7. The Morgan fingerprint density at radius 2 is 1.34 bits per heavy atom. The number of nitrogens with one attached hydrogen (secondary N) is 1. The lowest BCUT2D eigenvalue weighted by Crippen LogP contribution is -2.42. The first-order valence-electron chi connectivity index (χ1n) is 14.2. The number of nitro groups is 1. The van der Waals surface area contributed by atoms with Crippen molar-refractivity contribution in [2.24, 2.45) is 0 Å². The second kappa shape index (κ2) is 16.7. The topological polar surface area (TPSA) is 102 Å². The summed E-state index contributed by atoms with van der Waals surface area (Å²) in [7, 11) is 0. The summed E-state index contributed by atoms with van der Waals surface area (Å²) in [6, 6.07) is 36.9. The Morgan fingerprint density at radius 1 is 0.818 bits per heavy atom. The number of amides is 1. The van der Waals surface area contributed by atoms with E-state index in [0.717, 1.165) is 16.7 Å². The highest BCUT2D eigenvalue weighted by Gasteiger charge is 2.37. The molecule has 44 heavy (non-hydrogen) atoms. The number of carbonyl (C=O) groups excluding carboxylic acids is 2. The number of nitro benzene ring substituents is 1. The zero-order chi connectivity index (χ0) is 31.2. The fraction of sp³-hybridized carbons (Fsp3) is 0.235. The second-order valence-corrected chi connectivity index (χ2v) is 11.8. The van der Waals surface area contributed by atoms with E-state index in [1.165, 1.54) is 12.1 Å². The lowest BCUT2D eigenvalue weighted by atomic mass is 9.84. The van der Waals surface area contributed by atoms with Gasteiger partial charge in [-0.1, -0.05) is 91.0 Å². The summed E-state index contributed by atoms with van der Waals surface area (Å²) in [5.41, 5.74) is 3.98. The first kappa shape index (κ1) is 32.8. The van der Waals surface area contributed by atoms with Crippen LogP contribution in [0.4, 0.5) is 5.69 Å². The van der Waals surface area contributed by atoms with Gasteiger partial charge in [0.15, 0.2) is 0 Å². The van der Waals surface area contributed by atoms with Crippen LogP contribution < -0.4 is 5.32 Å². The van der Waals surface area contributed by atoms with Crippen LogP contribution in [-0.2, 0) is 25.7 Å². The molecule has 0 saturated heterocycles. The minimum Gasteiger partial charge on any atom is -0.460 e. The van der Waals surface area contributed by atoms with Gasteiger partial charge in [0, 0.05) is 36.7 Å². The van der Waals surface area contributed by atoms with Gasteiger partial charge in [-0.05, 0) is 34.4 Å². The van der Waals surface area contributed by atoms with Gasteiger partial charge >= 0.3 is 5.97 Å². The summed E-state index contributed by atoms with van der Waals surface area (Å²) in [6.07, 6.45) is 0. The number of non-ortho nitro benzene ring substituents is 1. The average molecular weight is 630 g/mol. The predicted octanol–water partition coefficient (Wildman–Crippen LogP) is 5.71. The van der Waals surface area contributed by atoms with Crippen molar-refractivity contribution in [1.82, 2.24) is 10.2 Å². The number of rotatable bonds is 16. The Balaban J connectivity index is 1.52. The number of thiol groups is 1. The molecule has 1 N–H and O–H groups in total. The minimum absolute atomic E-state index is 0.0234. The summed E-state index contributed by atoms with van der Waals surface area (Å²) < 4.78 is 4.95. The van der Waals surface area contributed by atoms with E-state index in [1.807, 2.05) is 54.6 Å². The van der Waals surface area contributed by atoms with Gasteiger partial charge in [-0.2, -0.15) is 12.6 Å². The van der Waals surface area contributed by atoms with Crippen molar-refractivity contribution < 1.29 is 19.2 Å². The second-order valence-electron chi connectivity index (χ2n) is 10.00. The van der Waals surface area contributed by atoms with Crippen LogP contribution in [0.15, 0.2) is 115 Å². The molecule has 10 heteroatoms.